The van der Waals surface area contributed by atoms with Gasteiger partial charge in [-0.15, -0.1) is 0 Å². The highest BCUT2D eigenvalue weighted by Gasteiger charge is 2.29. The van der Waals surface area contributed by atoms with Crippen LogP contribution in [0.3, 0.4) is 0 Å². The molecule has 2 N–H and O–H groups in total. The van der Waals surface area contributed by atoms with Crippen molar-refractivity contribution in [2.24, 2.45) is 0 Å². The fourth-order valence-corrected chi connectivity index (χ4v) is 2.99. The standard InChI is InChI=1S/C17H28N2O2/c1-14-5-6-16(15(11-14)12-18-8-10-21-3)19-9-4-7-17(2,20)13-19/h5-6,11,18,20H,4,7-10,12-13H2,1-3H3. The van der Waals surface area contributed by atoms with Crippen LogP contribution in [0.4, 0.5) is 5.69 Å². The van der Waals surface area contributed by atoms with E-state index in [4.69, 9.17) is 4.74 Å². The second kappa shape index (κ2) is 7.25. The third-order valence-electron chi connectivity index (χ3n) is 4.05. The molecule has 4 nitrogen and oxygen atoms in total. The first-order valence-corrected chi connectivity index (χ1v) is 7.78. The Morgan fingerprint density at radius 2 is 2.24 bits per heavy atom. The summed E-state index contributed by atoms with van der Waals surface area (Å²) in [7, 11) is 1.72. The number of piperidine rings is 1. The van der Waals surface area contributed by atoms with Crippen molar-refractivity contribution in [3.8, 4) is 0 Å². The summed E-state index contributed by atoms with van der Waals surface area (Å²) < 4.78 is 5.07. The van der Waals surface area contributed by atoms with Crippen LogP contribution in [0, 0.1) is 6.92 Å². The van der Waals surface area contributed by atoms with Crippen molar-refractivity contribution in [3.05, 3.63) is 29.3 Å². The number of methoxy groups -OCH3 is 1. The number of anilines is 1. The molecule has 0 amide bonds. The second-order valence-corrected chi connectivity index (χ2v) is 6.32. The molecule has 1 atom stereocenters. The van der Waals surface area contributed by atoms with Crippen molar-refractivity contribution in [2.75, 3.05) is 38.3 Å². The van der Waals surface area contributed by atoms with Crippen LogP contribution in [-0.4, -0.2) is 44.1 Å². The van der Waals surface area contributed by atoms with Gasteiger partial charge >= 0.3 is 0 Å². The number of benzene rings is 1. The maximum Gasteiger partial charge on any atom is 0.0794 e. The molecule has 0 bridgehead atoms. The van der Waals surface area contributed by atoms with E-state index in [1.165, 1.54) is 16.8 Å². The smallest absolute Gasteiger partial charge is 0.0794 e. The van der Waals surface area contributed by atoms with Crippen LogP contribution >= 0.6 is 0 Å². The summed E-state index contributed by atoms with van der Waals surface area (Å²) in [5, 5.41) is 13.7. The molecule has 0 aromatic heterocycles. The van der Waals surface area contributed by atoms with Crippen LogP contribution in [0.1, 0.15) is 30.9 Å². The van der Waals surface area contributed by atoms with Crippen molar-refractivity contribution in [1.82, 2.24) is 5.32 Å². The Morgan fingerprint density at radius 1 is 1.43 bits per heavy atom. The zero-order chi connectivity index (χ0) is 15.3. The highest BCUT2D eigenvalue weighted by atomic mass is 16.5. The van der Waals surface area contributed by atoms with Gasteiger partial charge in [0.1, 0.15) is 0 Å². The number of aliphatic hydroxyl groups is 1. The lowest BCUT2D eigenvalue weighted by atomic mass is 9.94. The Hall–Kier alpha value is -1.10. The topological polar surface area (TPSA) is 44.7 Å². The van der Waals surface area contributed by atoms with E-state index in [1.807, 2.05) is 6.92 Å². The molecular formula is C17H28N2O2. The molecule has 0 spiro atoms. The number of aryl methyl sites for hydroxylation is 1. The van der Waals surface area contributed by atoms with Crippen LogP contribution < -0.4 is 10.2 Å². The van der Waals surface area contributed by atoms with Crippen LogP contribution in [0.25, 0.3) is 0 Å². The predicted molar refractivity (Wildman–Crippen MR) is 86.8 cm³/mol. The molecule has 1 fully saturated rings. The maximum absolute atomic E-state index is 10.3. The average Bonchev–Trinajstić information content (AvgIpc) is 2.42. The number of hydrogen-bond donors (Lipinski definition) is 2. The summed E-state index contributed by atoms with van der Waals surface area (Å²) >= 11 is 0. The van der Waals surface area contributed by atoms with Gasteiger partial charge in [-0.3, -0.25) is 0 Å². The number of β-amino-alcohol motifs (C(OH)–C–C–N with tert-alkyl or cyclic N) is 1. The summed E-state index contributed by atoms with van der Waals surface area (Å²) in [5.41, 5.74) is 3.23. The van der Waals surface area contributed by atoms with Crippen LogP contribution in [0.2, 0.25) is 0 Å². The molecule has 0 radical (unpaired) electrons. The first kappa shape index (κ1) is 16.3. The van der Waals surface area contributed by atoms with Crippen molar-refractivity contribution < 1.29 is 9.84 Å². The fourth-order valence-electron chi connectivity index (χ4n) is 2.99. The predicted octanol–water partition coefficient (Wildman–Crippen LogP) is 2.08. The normalized spacial score (nSPS) is 22.6. The van der Waals surface area contributed by atoms with E-state index in [0.717, 1.165) is 39.1 Å². The maximum atomic E-state index is 10.3. The van der Waals surface area contributed by atoms with E-state index >= 15 is 0 Å². The zero-order valence-corrected chi connectivity index (χ0v) is 13.5. The molecule has 1 heterocycles. The van der Waals surface area contributed by atoms with Gasteiger partial charge in [0, 0.05) is 39.0 Å². The number of nitrogens with one attached hydrogen (secondary N) is 1. The Balaban J connectivity index is 2.10. The van der Waals surface area contributed by atoms with E-state index in [9.17, 15) is 5.11 Å². The van der Waals surface area contributed by atoms with Gasteiger partial charge in [-0.1, -0.05) is 17.7 Å². The fraction of sp³-hybridized carbons (Fsp3) is 0.647. The minimum atomic E-state index is -0.579. The monoisotopic (exact) mass is 292 g/mol. The van der Waals surface area contributed by atoms with Crippen molar-refractivity contribution >= 4 is 5.69 Å². The van der Waals surface area contributed by atoms with Crippen molar-refractivity contribution in [1.29, 1.82) is 0 Å². The van der Waals surface area contributed by atoms with Crippen molar-refractivity contribution in [2.45, 2.75) is 38.8 Å². The van der Waals surface area contributed by atoms with Crippen LogP contribution in [0.15, 0.2) is 18.2 Å². The Bertz CT molecular complexity index is 460. The highest BCUT2D eigenvalue weighted by molar-refractivity contribution is 5.55. The molecule has 1 aliphatic heterocycles. The minimum absolute atomic E-state index is 0.579. The summed E-state index contributed by atoms with van der Waals surface area (Å²) in [5.74, 6) is 0. The summed E-state index contributed by atoms with van der Waals surface area (Å²) in [6.07, 6.45) is 1.92. The molecule has 1 aromatic rings. The summed E-state index contributed by atoms with van der Waals surface area (Å²) in [6.45, 7) is 8.18. The SMILES string of the molecule is COCCNCc1cc(C)ccc1N1CCCC(C)(O)C1. The van der Waals surface area contributed by atoms with E-state index in [1.54, 1.807) is 7.11 Å². The number of nitrogens with zero attached hydrogens (tertiary/aromatic N) is 1. The molecule has 21 heavy (non-hydrogen) atoms. The van der Waals surface area contributed by atoms with Gasteiger partial charge < -0.3 is 20.1 Å². The lowest BCUT2D eigenvalue weighted by Gasteiger charge is -2.39. The molecule has 1 aliphatic rings. The first-order valence-electron chi connectivity index (χ1n) is 7.78. The molecule has 2 rings (SSSR count). The number of hydrogen-bond acceptors (Lipinski definition) is 4. The number of rotatable bonds is 6. The van der Waals surface area contributed by atoms with E-state index in [2.05, 4.69) is 35.3 Å². The lowest BCUT2D eigenvalue weighted by Crippen LogP contribution is -2.46. The zero-order valence-electron chi connectivity index (χ0n) is 13.5. The van der Waals surface area contributed by atoms with Gasteiger partial charge in [-0.25, -0.2) is 0 Å². The summed E-state index contributed by atoms with van der Waals surface area (Å²) in [6, 6.07) is 6.57. The van der Waals surface area contributed by atoms with Crippen molar-refractivity contribution in [3.63, 3.8) is 0 Å². The molecular weight excluding hydrogens is 264 g/mol. The van der Waals surface area contributed by atoms with E-state index < -0.39 is 5.60 Å². The third kappa shape index (κ3) is 4.70. The molecule has 0 saturated carbocycles. The van der Waals surface area contributed by atoms with Gasteiger partial charge in [0.05, 0.1) is 12.2 Å². The molecule has 1 saturated heterocycles. The Kier molecular flexibility index (Phi) is 5.62. The molecule has 0 aliphatic carbocycles. The van der Waals surface area contributed by atoms with Gasteiger partial charge in [0.15, 0.2) is 0 Å². The highest BCUT2D eigenvalue weighted by Crippen LogP contribution is 2.29. The van der Waals surface area contributed by atoms with E-state index in [-0.39, 0.29) is 0 Å². The van der Waals surface area contributed by atoms with E-state index in [0.29, 0.717) is 6.54 Å². The summed E-state index contributed by atoms with van der Waals surface area (Å²) in [4.78, 5) is 2.32. The lowest BCUT2D eigenvalue weighted by molar-refractivity contribution is 0.0449. The van der Waals surface area contributed by atoms with Crippen LogP contribution in [-0.2, 0) is 11.3 Å². The second-order valence-electron chi connectivity index (χ2n) is 6.32. The molecule has 1 unspecified atom stereocenters. The Labute approximate surface area is 128 Å². The first-order chi connectivity index (χ1) is 10.0. The van der Waals surface area contributed by atoms with Gasteiger partial charge in [-0.2, -0.15) is 0 Å². The Morgan fingerprint density at radius 3 is 2.95 bits per heavy atom. The van der Waals surface area contributed by atoms with Gasteiger partial charge in [-0.05, 0) is 38.3 Å². The quantitative estimate of drug-likeness (QED) is 0.788. The van der Waals surface area contributed by atoms with Gasteiger partial charge in [0.25, 0.3) is 0 Å². The largest absolute Gasteiger partial charge is 0.388 e. The average molecular weight is 292 g/mol. The number of ether oxygens (including phenoxy) is 1. The molecule has 4 heteroatoms. The third-order valence-corrected chi connectivity index (χ3v) is 4.05. The minimum Gasteiger partial charge on any atom is -0.388 e. The molecule has 1 aromatic carbocycles. The van der Waals surface area contributed by atoms with Gasteiger partial charge in [0.2, 0.25) is 0 Å². The van der Waals surface area contributed by atoms with Crippen LogP contribution in [0.5, 0.6) is 0 Å². The molecule has 118 valence electrons.